The lowest BCUT2D eigenvalue weighted by molar-refractivity contribution is 0.0170. The first-order valence-corrected chi connectivity index (χ1v) is 11.0. The average molecular weight is 534 g/mol. The van der Waals surface area contributed by atoms with Crippen LogP contribution in [0.4, 0.5) is 0 Å². The van der Waals surface area contributed by atoms with Gasteiger partial charge in [0, 0.05) is 37.7 Å². The second-order valence-corrected chi connectivity index (χ2v) is 8.90. The van der Waals surface area contributed by atoms with E-state index in [-0.39, 0.29) is 29.5 Å². The van der Waals surface area contributed by atoms with Crippen molar-refractivity contribution in [1.82, 2.24) is 20.0 Å². The number of piperidine rings is 2. The molecule has 1 N–H and O–H groups in total. The first-order chi connectivity index (χ1) is 13.5. The summed E-state index contributed by atoms with van der Waals surface area (Å²) in [5.74, 6) is 0.963. The van der Waals surface area contributed by atoms with Crippen LogP contribution in [0.1, 0.15) is 37.7 Å². The third-order valence-corrected chi connectivity index (χ3v) is 6.68. The van der Waals surface area contributed by atoms with E-state index >= 15 is 0 Å². The molecular weight excluding hydrogens is 497 g/mol. The third kappa shape index (κ3) is 6.71. The summed E-state index contributed by atoms with van der Waals surface area (Å²) in [7, 11) is 6.22. The van der Waals surface area contributed by atoms with Gasteiger partial charge < -0.3 is 15.1 Å². The number of rotatable bonds is 5. The Morgan fingerprint density at radius 1 is 1.10 bits per heavy atom. The van der Waals surface area contributed by atoms with Crippen LogP contribution in [-0.2, 0) is 6.54 Å². The van der Waals surface area contributed by atoms with Gasteiger partial charge >= 0.3 is 0 Å². The Hall–Kier alpha value is -0.570. The molecule has 5 nitrogen and oxygen atoms in total. The minimum absolute atomic E-state index is 0. The molecule has 0 atom stereocenters. The van der Waals surface area contributed by atoms with Gasteiger partial charge in [0.2, 0.25) is 0 Å². The van der Waals surface area contributed by atoms with E-state index < -0.39 is 0 Å². The smallest absolute Gasteiger partial charge is 0.193 e. The molecule has 2 aliphatic rings. The lowest BCUT2D eigenvalue weighted by atomic mass is 9.84. The number of nitrogens with zero attached hydrogens (tertiary/aromatic N) is 4. The first-order valence-electron chi connectivity index (χ1n) is 10.6. The lowest BCUT2D eigenvalue weighted by Gasteiger charge is -2.50. The van der Waals surface area contributed by atoms with Gasteiger partial charge in [-0.15, -0.1) is 24.0 Å². The molecule has 2 fully saturated rings. The fraction of sp³-hybridized carbons (Fsp3) is 0.682. The molecule has 2 aliphatic heterocycles. The zero-order valence-electron chi connectivity index (χ0n) is 18.2. The molecule has 0 aliphatic carbocycles. The summed E-state index contributed by atoms with van der Waals surface area (Å²) in [5.41, 5.74) is 1.49. The van der Waals surface area contributed by atoms with Crippen molar-refractivity contribution in [3.05, 3.63) is 34.9 Å². The summed E-state index contributed by atoms with van der Waals surface area (Å²) in [6.07, 6.45) is 6.51. The van der Waals surface area contributed by atoms with Crippen LogP contribution in [0.3, 0.4) is 0 Å². The monoisotopic (exact) mass is 533 g/mol. The van der Waals surface area contributed by atoms with Crippen molar-refractivity contribution in [3.63, 3.8) is 0 Å². The number of guanidine groups is 1. The molecule has 0 radical (unpaired) electrons. The van der Waals surface area contributed by atoms with Crippen molar-refractivity contribution in [2.24, 2.45) is 4.99 Å². The van der Waals surface area contributed by atoms with E-state index in [0.29, 0.717) is 0 Å². The highest BCUT2D eigenvalue weighted by molar-refractivity contribution is 14.0. The van der Waals surface area contributed by atoms with Gasteiger partial charge in [0.15, 0.2) is 5.96 Å². The van der Waals surface area contributed by atoms with Gasteiger partial charge in [0.05, 0.1) is 0 Å². The predicted molar refractivity (Wildman–Crippen MR) is 135 cm³/mol. The molecule has 29 heavy (non-hydrogen) atoms. The number of halogens is 2. The Labute approximate surface area is 198 Å². The minimum Gasteiger partial charge on any atom is -0.354 e. The molecule has 7 heteroatoms. The molecule has 0 saturated carbocycles. The second-order valence-electron chi connectivity index (χ2n) is 8.46. The molecule has 2 saturated heterocycles. The van der Waals surface area contributed by atoms with E-state index in [1.807, 2.05) is 19.2 Å². The maximum atomic E-state index is 6.02. The molecule has 1 aromatic carbocycles. The van der Waals surface area contributed by atoms with Crippen LogP contribution in [0.2, 0.25) is 5.02 Å². The highest BCUT2D eigenvalue weighted by Gasteiger charge is 2.39. The summed E-state index contributed by atoms with van der Waals surface area (Å²) in [6.45, 7) is 6.62. The topological polar surface area (TPSA) is 34.1 Å². The minimum atomic E-state index is 0. The normalized spacial score (nSPS) is 20.8. The van der Waals surface area contributed by atoms with Crippen molar-refractivity contribution in [1.29, 1.82) is 0 Å². The van der Waals surface area contributed by atoms with Gasteiger partial charge in [-0.05, 0) is 76.6 Å². The maximum absolute atomic E-state index is 6.02. The van der Waals surface area contributed by atoms with E-state index in [0.717, 1.165) is 24.1 Å². The number of hydrogen-bond acceptors (Lipinski definition) is 3. The van der Waals surface area contributed by atoms with Crippen LogP contribution < -0.4 is 5.32 Å². The van der Waals surface area contributed by atoms with E-state index in [2.05, 4.69) is 51.2 Å². The highest BCUT2D eigenvalue weighted by Crippen LogP contribution is 2.31. The van der Waals surface area contributed by atoms with E-state index in [1.165, 1.54) is 63.8 Å². The van der Waals surface area contributed by atoms with Gasteiger partial charge in [-0.3, -0.25) is 9.89 Å². The molecular formula is C22H37ClIN5. The molecule has 1 aromatic rings. The Morgan fingerprint density at radius 2 is 1.72 bits per heavy atom. The Bertz CT molecular complexity index is 637. The van der Waals surface area contributed by atoms with Crippen LogP contribution in [0.5, 0.6) is 0 Å². The molecule has 0 bridgehead atoms. The third-order valence-electron chi connectivity index (χ3n) is 6.43. The lowest BCUT2D eigenvalue weighted by Crippen LogP contribution is -2.62. The van der Waals surface area contributed by atoms with Crippen LogP contribution in [0, 0.1) is 0 Å². The number of hydrogen-bond donors (Lipinski definition) is 1. The summed E-state index contributed by atoms with van der Waals surface area (Å²) in [5, 5.41) is 4.49. The van der Waals surface area contributed by atoms with Gasteiger partial charge in [-0.25, -0.2) is 0 Å². The van der Waals surface area contributed by atoms with Crippen LogP contribution in [0.25, 0.3) is 0 Å². The molecule has 2 heterocycles. The van der Waals surface area contributed by atoms with Gasteiger partial charge in [-0.2, -0.15) is 0 Å². The van der Waals surface area contributed by atoms with Gasteiger partial charge in [0.1, 0.15) is 0 Å². The quantitative estimate of drug-likeness (QED) is 0.354. The van der Waals surface area contributed by atoms with E-state index in [4.69, 9.17) is 11.6 Å². The summed E-state index contributed by atoms with van der Waals surface area (Å²) in [4.78, 5) is 12.0. The number of nitrogens with one attached hydrogen (secondary N) is 1. The van der Waals surface area contributed by atoms with Crippen molar-refractivity contribution in [3.8, 4) is 0 Å². The van der Waals surface area contributed by atoms with E-state index in [9.17, 15) is 0 Å². The summed E-state index contributed by atoms with van der Waals surface area (Å²) >= 11 is 6.02. The first kappa shape index (κ1) is 24.7. The van der Waals surface area contributed by atoms with Crippen LogP contribution in [-0.4, -0.2) is 80.1 Å². The molecule has 164 valence electrons. The van der Waals surface area contributed by atoms with Crippen molar-refractivity contribution in [2.45, 2.75) is 44.2 Å². The highest BCUT2D eigenvalue weighted by atomic mass is 127. The molecule has 3 rings (SSSR count). The van der Waals surface area contributed by atoms with E-state index in [1.54, 1.807) is 0 Å². The zero-order valence-corrected chi connectivity index (χ0v) is 21.2. The van der Waals surface area contributed by atoms with Crippen LogP contribution >= 0.6 is 35.6 Å². The summed E-state index contributed by atoms with van der Waals surface area (Å²) < 4.78 is 0. The molecule has 0 unspecified atom stereocenters. The number of aliphatic imine (C=N–C) groups is 1. The predicted octanol–water partition coefficient (Wildman–Crippen LogP) is 3.92. The molecule has 0 aromatic heterocycles. The molecule has 0 spiro atoms. The SMILES string of the molecule is CN=C(NCC1(N2CCCCC2)CCN(C)CC1)N(C)Cc1ccc(Cl)cc1.I. The standard InChI is InChI=1S/C22H36ClN5.HI/c1-24-21(27(3)17-19-7-9-20(23)10-8-19)25-18-22(11-15-26(2)16-12-22)28-13-5-4-6-14-28;/h7-10H,4-6,11-18H2,1-3H3,(H,24,25);1H. The second kappa shape index (κ2) is 11.7. The fourth-order valence-electron chi connectivity index (χ4n) is 4.57. The van der Waals surface area contributed by atoms with Gasteiger partial charge in [0.25, 0.3) is 0 Å². The maximum Gasteiger partial charge on any atom is 0.193 e. The van der Waals surface area contributed by atoms with Crippen molar-refractivity contribution < 1.29 is 0 Å². The largest absolute Gasteiger partial charge is 0.354 e. The molecule has 0 amide bonds. The number of benzene rings is 1. The zero-order chi connectivity index (χ0) is 20.0. The summed E-state index contributed by atoms with van der Waals surface area (Å²) in [6, 6.07) is 8.06. The Balaban J connectivity index is 0.00000300. The van der Waals surface area contributed by atoms with Gasteiger partial charge in [-0.1, -0.05) is 30.2 Å². The average Bonchev–Trinajstić information content (AvgIpc) is 2.72. The number of likely N-dealkylation sites (tertiary alicyclic amines) is 2. The van der Waals surface area contributed by atoms with Crippen molar-refractivity contribution >= 4 is 41.5 Å². The van der Waals surface area contributed by atoms with Crippen LogP contribution in [0.15, 0.2) is 29.3 Å². The van der Waals surface area contributed by atoms with Crippen molar-refractivity contribution in [2.75, 3.05) is 53.9 Å². The Kier molecular flexibility index (Phi) is 9.98. The fourth-order valence-corrected chi connectivity index (χ4v) is 4.70. The Morgan fingerprint density at radius 3 is 2.31 bits per heavy atom.